The van der Waals surface area contributed by atoms with E-state index in [1.165, 1.54) is 0 Å². The summed E-state index contributed by atoms with van der Waals surface area (Å²) < 4.78 is 7.22. The summed E-state index contributed by atoms with van der Waals surface area (Å²) in [7, 11) is 1.63. The first kappa shape index (κ1) is 13.6. The maximum Gasteiger partial charge on any atom is 0.213 e. The molecular formula is C15H21N3O. The van der Waals surface area contributed by atoms with E-state index in [4.69, 9.17) is 10.5 Å². The minimum absolute atomic E-state index is 0.0829. The van der Waals surface area contributed by atoms with Crippen molar-refractivity contribution in [3.63, 3.8) is 0 Å². The smallest absolute Gasteiger partial charge is 0.213 e. The van der Waals surface area contributed by atoms with E-state index < -0.39 is 0 Å². The van der Waals surface area contributed by atoms with Crippen molar-refractivity contribution in [3.8, 4) is 5.88 Å². The van der Waals surface area contributed by atoms with E-state index in [-0.39, 0.29) is 6.04 Å². The van der Waals surface area contributed by atoms with Gasteiger partial charge in [-0.3, -0.25) is 0 Å². The molecule has 0 spiro atoms. The number of hydrogen-bond acceptors (Lipinski definition) is 3. The van der Waals surface area contributed by atoms with E-state index in [2.05, 4.69) is 35.7 Å². The number of pyridine rings is 1. The molecule has 0 aliphatic carbocycles. The van der Waals surface area contributed by atoms with Gasteiger partial charge in [-0.2, -0.15) is 0 Å². The monoisotopic (exact) mass is 259 g/mol. The molecule has 4 heteroatoms. The number of methoxy groups -OCH3 is 1. The van der Waals surface area contributed by atoms with Gasteiger partial charge in [-0.05, 0) is 23.6 Å². The highest BCUT2D eigenvalue weighted by atomic mass is 16.5. The van der Waals surface area contributed by atoms with Crippen LogP contribution >= 0.6 is 0 Å². The molecule has 0 aliphatic heterocycles. The largest absolute Gasteiger partial charge is 0.481 e. The summed E-state index contributed by atoms with van der Waals surface area (Å²) in [6.45, 7) is 4.99. The van der Waals surface area contributed by atoms with Crippen molar-refractivity contribution in [3.05, 3.63) is 47.9 Å². The average Bonchev–Trinajstić information content (AvgIpc) is 2.86. The van der Waals surface area contributed by atoms with Crippen LogP contribution in [-0.2, 0) is 6.54 Å². The molecule has 1 unspecified atom stereocenters. The van der Waals surface area contributed by atoms with Gasteiger partial charge in [0.1, 0.15) is 0 Å². The number of aromatic nitrogens is 2. The van der Waals surface area contributed by atoms with Crippen LogP contribution in [0.4, 0.5) is 0 Å². The van der Waals surface area contributed by atoms with Crippen molar-refractivity contribution >= 4 is 0 Å². The van der Waals surface area contributed by atoms with E-state index in [1.807, 2.05) is 24.4 Å². The van der Waals surface area contributed by atoms with Crippen LogP contribution in [0.15, 0.2) is 36.7 Å². The van der Waals surface area contributed by atoms with Gasteiger partial charge in [0.2, 0.25) is 5.88 Å². The Bertz CT molecular complexity index is 534. The average molecular weight is 259 g/mol. The van der Waals surface area contributed by atoms with Gasteiger partial charge < -0.3 is 15.0 Å². The van der Waals surface area contributed by atoms with Crippen LogP contribution in [0, 0.1) is 5.92 Å². The predicted molar refractivity (Wildman–Crippen MR) is 76.1 cm³/mol. The zero-order valence-corrected chi connectivity index (χ0v) is 11.7. The molecule has 0 aromatic carbocycles. The lowest BCUT2D eigenvalue weighted by molar-refractivity contribution is 0.396. The molecule has 0 radical (unpaired) electrons. The summed E-state index contributed by atoms with van der Waals surface area (Å²) in [4.78, 5) is 4.40. The van der Waals surface area contributed by atoms with Gasteiger partial charge in [0, 0.05) is 24.5 Å². The molecule has 4 nitrogen and oxygen atoms in total. The molecule has 2 rings (SSSR count). The second kappa shape index (κ2) is 5.89. The van der Waals surface area contributed by atoms with Gasteiger partial charge in [-0.1, -0.05) is 19.9 Å². The van der Waals surface area contributed by atoms with Crippen LogP contribution in [-0.4, -0.2) is 16.7 Å². The third-order valence-corrected chi connectivity index (χ3v) is 3.21. The summed E-state index contributed by atoms with van der Waals surface area (Å²) in [5.41, 5.74) is 8.28. The summed E-state index contributed by atoms with van der Waals surface area (Å²) >= 11 is 0. The molecule has 2 N–H and O–H groups in total. The second-order valence-corrected chi connectivity index (χ2v) is 5.06. The predicted octanol–water partition coefficient (Wildman–Crippen LogP) is 2.60. The van der Waals surface area contributed by atoms with Crippen LogP contribution in [0.5, 0.6) is 5.88 Å². The van der Waals surface area contributed by atoms with Crippen LogP contribution in [0.3, 0.4) is 0 Å². The normalized spacial score (nSPS) is 12.7. The Labute approximate surface area is 114 Å². The number of hydrogen-bond donors (Lipinski definition) is 1. The lowest BCUT2D eigenvalue weighted by Crippen LogP contribution is -2.16. The fourth-order valence-electron chi connectivity index (χ4n) is 1.99. The van der Waals surface area contributed by atoms with Gasteiger partial charge in [0.15, 0.2) is 0 Å². The molecule has 2 heterocycles. The maximum absolute atomic E-state index is 6.14. The van der Waals surface area contributed by atoms with Crippen molar-refractivity contribution in [2.45, 2.75) is 26.4 Å². The third kappa shape index (κ3) is 3.35. The number of nitrogens with two attached hydrogens (primary N) is 1. The second-order valence-electron chi connectivity index (χ2n) is 5.06. The summed E-state index contributed by atoms with van der Waals surface area (Å²) in [5, 5.41) is 0. The third-order valence-electron chi connectivity index (χ3n) is 3.21. The molecule has 102 valence electrons. The van der Waals surface area contributed by atoms with E-state index in [1.54, 1.807) is 7.11 Å². The first-order valence-corrected chi connectivity index (χ1v) is 6.51. The minimum atomic E-state index is 0.0829. The van der Waals surface area contributed by atoms with E-state index in [9.17, 15) is 0 Å². The van der Waals surface area contributed by atoms with Crippen molar-refractivity contribution in [2.75, 3.05) is 7.11 Å². The Kier molecular flexibility index (Phi) is 4.22. The fourth-order valence-corrected chi connectivity index (χ4v) is 1.99. The Morgan fingerprint density at radius 3 is 2.79 bits per heavy atom. The van der Waals surface area contributed by atoms with E-state index in [0.717, 1.165) is 17.8 Å². The molecule has 0 amide bonds. The van der Waals surface area contributed by atoms with Crippen LogP contribution in [0.2, 0.25) is 0 Å². The first-order chi connectivity index (χ1) is 9.10. The summed E-state index contributed by atoms with van der Waals surface area (Å²) in [6, 6.07) is 7.94. The van der Waals surface area contributed by atoms with E-state index in [0.29, 0.717) is 11.8 Å². The van der Waals surface area contributed by atoms with Gasteiger partial charge in [-0.25, -0.2) is 4.98 Å². The van der Waals surface area contributed by atoms with Crippen molar-refractivity contribution in [1.82, 2.24) is 9.55 Å². The van der Waals surface area contributed by atoms with Crippen LogP contribution in [0.25, 0.3) is 0 Å². The topological polar surface area (TPSA) is 53.1 Å². The van der Waals surface area contributed by atoms with Gasteiger partial charge in [-0.15, -0.1) is 0 Å². The van der Waals surface area contributed by atoms with Gasteiger partial charge in [0.25, 0.3) is 0 Å². The molecule has 1 atom stereocenters. The number of rotatable bonds is 5. The standard InChI is InChI=1S/C15H21N3O/c1-11(2)15(16)12-7-8-18(9-12)10-13-5-4-6-14(17-13)19-3/h4-9,11,15H,10,16H2,1-3H3. The molecule has 0 saturated heterocycles. The van der Waals surface area contributed by atoms with Crippen LogP contribution in [0.1, 0.15) is 31.1 Å². The van der Waals surface area contributed by atoms with Gasteiger partial charge >= 0.3 is 0 Å². The molecule has 0 bridgehead atoms. The molecule has 19 heavy (non-hydrogen) atoms. The summed E-state index contributed by atoms with van der Waals surface area (Å²) in [5.74, 6) is 1.08. The first-order valence-electron chi connectivity index (χ1n) is 6.51. The van der Waals surface area contributed by atoms with Crippen molar-refractivity contribution in [2.24, 2.45) is 11.7 Å². The Hall–Kier alpha value is -1.81. The lowest BCUT2D eigenvalue weighted by atomic mass is 10.00. The fraction of sp³-hybridized carbons (Fsp3) is 0.400. The highest BCUT2D eigenvalue weighted by molar-refractivity contribution is 5.19. The zero-order valence-electron chi connectivity index (χ0n) is 11.7. The molecule has 2 aromatic heterocycles. The van der Waals surface area contributed by atoms with Gasteiger partial charge in [0.05, 0.1) is 19.3 Å². The molecule has 0 saturated carbocycles. The minimum Gasteiger partial charge on any atom is -0.481 e. The molecule has 2 aromatic rings. The Balaban J connectivity index is 2.11. The molecule has 0 aliphatic rings. The number of nitrogens with zero attached hydrogens (tertiary/aromatic N) is 2. The highest BCUT2D eigenvalue weighted by Crippen LogP contribution is 2.19. The molecular weight excluding hydrogens is 238 g/mol. The quantitative estimate of drug-likeness (QED) is 0.898. The van der Waals surface area contributed by atoms with Crippen molar-refractivity contribution in [1.29, 1.82) is 0 Å². The maximum atomic E-state index is 6.14. The molecule has 0 fully saturated rings. The summed E-state index contributed by atoms with van der Waals surface area (Å²) in [6.07, 6.45) is 4.13. The van der Waals surface area contributed by atoms with E-state index >= 15 is 0 Å². The van der Waals surface area contributed by atoms with Crippen LogP contribution < -0.4 is 10.5 Å². The Morgan fingerprint density at radius 1 is 1.32 bits per heavy atom. The highest BCUT2D eigenvalue weighted by Gasteiger charge is 2.11. The zero-order chi connectivity index (χ0) is 13.8. The van der Waals surface area contributed by atoms with Crippen molar-refractivity contribution < 1.29 is 4.74 Å². The Morgan fingerprint density at radius 2 is 2.11 bits per heavy atom. The SMILES string of the molecule is COc1cccc(Cn2ccc(C(N)C(C)C)c2)n1. The lowest BCUT2D eigenvalue weighted by Gasteiger charge is -2.13. The number of ether oxygens (including phenoxy) is 1.